The van der Waals surface area contributed by atoms with Gasteiger partial charge in [-0.25, -0.2) is 4.79 Å². The molecule has 1 aliphatic heterocycles. The molecule has 19 heavy (non-hydrogen) atoms. The third-order valence-corrected chi connectivity index (χ3v) is 3.51. The summed E-state index contributed by atoms with van der Waals surface area (Å²) in [6.45, 7) is 1.45. The maximum Gasteiger partial charge on any atom is 0.328 e. The molecule has 5 nitrogen and oxygen atoms in total. The van der Waals surface area contributed by atoms with Crippen LogP contribution in [0.2, 0.25) is 0 Å². The van der Waals surface area contributed by atoms with Crippen LogP contribution in [-0.2, 0) is 14.3 Å². The lowest BCUT2D eigenvalue weighted by Gasteiger charge is -2.29. The number of methoxy groups -OCH3 is 1. The topological polar surface area (TPSA) is 72.6 Å². The van der Waals surface area contributed by atoms with Crippen LogP contribution < -0.4 is 5.73 Å². The van der Waals surface area contributed by atoms with E-state index in [4.69, 9.17) is 10.5 Å². The second-order valence-corrected chi connectivity index (χ2v) is 4.72. The quantitative estimate of drug-likeness (QED) is 0.802. The summed E-state index contributed by atoms with van der Waals surface area (Å²) in [5.41, 5.74) is 7.06. The van der Waals surface area contributed by atoms with E-state index < -0.39 is 12.0 Å². The number of hydrogen-bond donors (Lipinski definition) is 1. The minimum Gasteiger partial charge on any atom is -0.467 e. The van der Waals surface area contributed by atoms with Gasteiger partial charge >= 0.3 is 5.97 Å². The third kappa shape index (κ3) is 2.46. The lowest BCUT2D eigenvalue weighted by molar-refractivity contribution is -0.151. The summed E-state index contributed by atoms with van der Waals surface area (Å²) in [4.78, 5) is 25.2. The molecule has 5 heteroatoms. The molecular weight excluding hydrogens is 244 g/mol. The SMILES string of the molecule is COC(=O)[C@@H]1C[C@@H](N)[C@H](c2ccccc2)N1C(C)=O. The number of hydrogen-bond acceptors (Lipinski definition) is 4. The smallest absolute Gasteiger partial charge is 0.328 e. The molecule has 2 rings (SSSR count). The number of carbonyl (C=O) groups excluding carboxylic acids is 2. The monoisotopic (exact) mass is 262 g/mol. The summed E-state index contributed by atoms with van der Waals surface area (Å²) in [5, 5.41) is 0. The van der Waals surface area contributed by atoms with Gasteiger partial charge in [-0.05, 0) is 12.0 Å². The Morgan fingerprint density at radius 1 is 1.32 bits per heavy atom. The van der Waals surface area contributed by atoms with Crippen molar-refractivity contribution in [2.45, 2.75) is 31.5 Å². The number of nitrogens with two attached hydrogens (primary N) is 1. The second-order valence-electron chi connectivity index (χ2n) is 4.72. The zero-order chi connectivity index (χ0) is 14.0. The maximum atomic E-state index is 11.9. The van der Waals surface area contributed by atoms with Crippen LogP contribution in [0.3, 0.4) is 0 Å². The third-order valence-electron chi connectivity index (χ3n) is 3.51. The summed E-state index contributed by atoms with van der Waals surface area (Å²) >= 11 is 0. The van der Waals surface area contributed by atoms with E-state index in [1.54, 1.807) is 0 Å². The molecule has 1 fully saturated rings. The summed E-state index contributed by atoms with van der Waals surface area (Å²) in [6, 6.07) is 8.39. The van der Waals surface area contributed by atoms with Gasteiger partial charge in [-0.3, -0.25) is 4.79 Å². The highest BCUT2D eigenvalue weighted by atomic mass is 16.5. The standard InChI is InChI=1S/C14H18N2O3/c1-9(17)16-12(14(18)19-2)8-11(15)13(16)10-6-4-3-5-7-10/h3-7,11-13H,8,15H2,1-2H3/t11-,12+,13+/m1/s1. The van der Waals surface area contributed by atoms with E-state index in [1.165, 1.54) is 18.9 Å². The Bertz CT molecular complexity index is 475. The minimum absolute atomic E-state index is 0.169. The second kappa shape index (κ2) is 5.40. The van der Waals surface area contributed by atoms with Gasteiger partial charge in [0.2, 0.25) is 5.91 Å². The predicted octanol–water partition coefficient (Wildman–Crippen LogP) is 0.849. The summed E-state index contributed by atoms with van der Waals surface area (Å²) in [5.74, 6) is -0.582. The number of carbonyl (C=O) groups is 2. The van der Waals surface area contributed by atoms with Crippen molar-refractivity contribution >= 4 is 11.9 Å². The van der Waals surface area contributed by atoms with Gasteiger partial charge in [-0.2, -0.15) is 0 Å². The Balaban J connectivity index is 2.37. The van der Waals surface area contributed by atoms with Gasteiger partial charge < -0.3 is 15.4 Å². The maximum absolute atomic E-state index is 11.9. The summed E-state index contributed by atoms with van der Waals surface area (Å²) < 4.78 is 4.76. The fraction of sp³-hybridized carbons (Fsp3) is 0.429. The van der Waals surface area contributed by atoms with E-state index in [0.717, 1.165) is 5.56 Å². The zero-order valence-electron chi connectivity index (χ0n) is 11.1. The molecular formula is C14H18N2O3. The van der Waals surface area contributed by atoms with Crippen molar-refractivity contribution in [2.24, 2.45) is 5.73 Å². The van der Waals surface area contributed by atoms with Gasteiger partial charge in [0.05, 0.1) is 13.2 Å². The van der Waals surface area contributed by atoms with E-state index in [2.05, 4.69) is 0 Å². The van der Waals surface area contributed by atoms with Crippen LogP contribution >= 0.6 is 0 Å². The molecule has 1 aromatic carbocycles. The molecule has 1 saturated heterocycles. The number of benzene rings is 1. The van der Waals surface area contributed by atoms with Crippen LogP contribution in [0.15, 0.2) is 30.3 Å². The highest BCUT2D eigenvalue weighted by molar-refractivity contribution is 5.84. The van der Waals surface area contributed by atoms with Crippen LogP contribution in [0.25, 0.3) is 0 Å². The Morgan fingerprint density at radius 2 is 1.95 bits per heavy atom. The first-order chi connectivity index (χ1) is 9.06. The molecule has 0 bridgehead atoms. The van der Waals surface area contributed by atoms with Gasteiger partial charge in [0, 0.05) is 13.0 Å². The Kier molecular flexibility index (Phi) is 3.85. The predicted molar refractivity (Wildman–Crippen MR) is 70.1 cm³/mol. The Labute approximate surface area is 112 Å². The average molecular weight is 262 g/mol. The minimum atomic E-state index is -0.595. The molecule has 0 unspecified atom stereocenters. The van der Waals surface area contributed by atoms with E-state index in [1.807, 2.05) is 30.3 Å². The number of esters is 1. The fourth-order valence-electron chi connectivity index (χ4n) is 2.72. The van der Waals surface area contributed by atoms with Crippen molar-refractivity contribution in [3.63, 3.8) is 0 Å². The van der Waals surface area contributed by atoms with E-state index in [9.17, 15) is 9.59 Å². The van der Waals surface area contributed by atoms with Crippen molar-refractivity contribution in [3.8, 4) is 0 Å². The molecule has 0 radical (unpaired) electrons. The molecule has 2 N–H and O–H groups in total. The molecule has 0 saturated carbocycles. The number of amides is 1. The highest BCUT2D eigenvalue weighted by Crippen LogP contribution is 2.35. The highest BCUT2D eigenvalue weighted by Gasteiger charge is 2.45. The van der Waals surface area contributed by atoms with Crippen LogP contribution in [0.1, 0.15) is 24.9 Å². The Hall–Kier alpha value is -1.88. The molecule has 3 atom stereocenters. The number of rotatable bonds is 2. The van der Waals surface area contributed by atoms with Crippen molar-refractivity contribution in [1.82, 2.24) is 4.90 Å². The van der Waals surface area contributed by atoms with E-state index in [0.29, 0.717) is 6.42 Å². The van der Waals surface area contributed by atoms with Crippen LogP contribution in [0, 0.1) is 0 Å². The number of nitrogens with zero attached hydrogens (tertiary/aromatic N) is 1. The Morgan fingerprint density at radius 3 is 2.47 bits per heavy atom. The molecule has 0 aromatic heterocycles. The molecule has 1 aromatic rings. The van der Waals surface area contributed by atoms with Gasteiger partial charge in [-0.15, -0.1) is 0 Å². The van der Waals surface area contributed by atoms with E-state index in [-0.39, 0.29) is 18.0 Å². The first-order valence-electron chi connectivity index (χ1n) is 6.23. The first-order valence-corrected chi connectivity index (χ1v) is 6.23. The lowest BCUT2D eigenvalue weighted by Crippen LogP contribution is -2.42. The molecule has 1 aliphatic rings. The van der Waals surface area contributed by atoms with Crippen molar-refractivity contribution in [1.29, 1.82) is 0 Å². The average Bonchev–Trinajstić information content (AvgIpc) is 2.76. The molecule has 1 amide bonds. The number of ether oxygens (including phenoxy) is 1. The van der Waals surface area contributed by atoms with Gasteiger partial charge in [0.1, 0.15) is 6.04 Å². The zero-order valence-corrected chi connectivity index (χ0v) is 11.1. The van der Waals surface area contributed by atoms with Crippen molar-refractivity contribution < 1.29 is 14.3 Å². The molecule has 0 spiro atoms. The van der Waals surface area contributed by atoms with E-state index >= 15 is 0 Å². The van der Waals surface area contributed by atoms with Crippen LogP contribution in [-0.4, -0.2) is 36.0 Å². The van der Waals surface area contributed by atoms with Crippen molar-refractivity contribution in [2.75, 3.05) is 7.11 Å². The number of likely N-dealkylation sites (tertiary alicyclic amines) is 1. The summed E-state index contributed by atoms with van der Waals surface area (Å²) in [7, 11) is 1.32. The van der Waals surface area contributed by atoms with Crippen LogP contribution in [0.5, 0.6) is 0 Å². The molecule has 0 aliphatic carbocycles. The normalized spacial score (nSPS) is 26.3. The lowest BCUT2D eigenvalue weighted by atomic mass is 10.0. The largest absolute Gasteiger partial charge is 0.467 e. The molecule has 102 valence electrons. The first kappa shape index (κ1) is 13.5. The van der Waals surface area contributed by atoms with Gasteiger partial charge in [0.25, 0.3) is 0 Å². The fourth-order valence-corrected chi connectivity index (χ4v) is 2.72. The van der Waals surface area contributed by atoms with Gasteiger partial charge in [0.15, 0.2) is 0 Å². The summed E-state index contributed by atoms with van der Waals surface area (Å²) in [6.07, 6.45) is 0.422. The van der Waals surface area contributed by atoms with Crippen LogP contribution in [0.4, 0.5) is 0 Å². The van der Waals surface area contributed by atoms with Crippen molar-refractivity contribution in [3.05, 3.63) is 35.9 Å². The van der Waals surface area contributed by atoms with Gasteiger partial charge in [-0.1, -0.05) is 30.3 Å². The molecule has 1 heterocycles.